The van der Waals surface area contributed by atoms with Crippen molar-refractivity contribution in [2.24, 2.45) is 5.73 Å². The van der Waals surface area contributed by atoms with Gasteiger partial charge >= 0.3 is 0 Å². The fourth-order valence-corrected chi connectivity index (χ4v) is 4.09. The lowest BCUT2D eigenvalue weighted by Crippen LogP contribution is -2.39. The molecule has 2 fully saturated rings. The van der Waals surface area contributed by atoms with Crippen molar-refractivity contribution in [1.29, 1.82) is 0 Å². The monoisotopic (exact) mass is 351 g/mol. The molecule has 1 aromatic carbocycles. The standard InChI is InChI=1S/C21H29N5/c1-14-4-3-5-19(10-14)26-8-6-18(7-9-26)25-21-13-20(23-15(2)24-21)16-11-17(22)12-16/h3-5,10,13,16-18H,6-9,11-12,22H2,1-2H3,(H,23,24,25). The Kier molecular flexibility index (Phi) is 4.81. The number of nitrogens with zero attached hydrogens (tertiary/aromatic N) is 3. The molecule has 2 heterocycles. The third-order valence-electron chi connectivity index (χ3n) is 5.66. The van der Waals surface area contributed by atoms with Gasteiger partial charge in [-0.1, -0.05) is 12.1 Å². The van der Waals surface area contributed by atoms with Crippen LogP contribution in [0.2, 0.25) is 0 Å². The number of anilines is 2. The van der Waals surface area contributed by atoms with Crippen LogP contribution in [0.4, 0.5) is 11.5 Å². The molecule has 5 heteroatoms. The highest BCUT2D eigenvalue weighted by Crippen LogP contribution is 2.35. The molecule has 1 aromatic heterocycles. The molecule has 5 nitrogen and oxygen atoms in total. The van der Waals surface area contributed by atoms with E-state index in [9.17, 15) is 0 Å². The van der Waals surface area contributed by atoms with Crippen LogP contribution in [-0.4, -0.2) is 35.1 Å². The van der Waals surface area contributed by atoms with E-state index in [0.29, 0.717) is 18.0 Å². The van der Waals surface area contributed by atoms with Gasteiger partial charge < -0.3 is 16.0 Å². The predicted molar refractivity (Wildman–Crippen MR) is 107 cm³/mol. The lowest BCUT2D eigenvalue weighted by Gasteiger charge is -2.35. The van der Waals surface area contributed by atoms with Crippen LogP contribution in [-0.2, 0) is 0 Å². The van der Waals surface area contributed by atoms with Crippen molar-refractivity contribution >= 4 is 11.5 Å². The maximum Gasteiger partial charge on any atom is 0.130 e. The molecule has 1 aliphatic carbocycles. The molecule has 4 rings (SSSR count). The van der Waals surface area contributed by atoms with Gasteiger partial charge in [0.15, 0.2) is 0 Å². The Morgan fingerprint density at radius 1 is 1.08 bits per heavy atom. The summed E-state index contributed by atoms with van der Waals surface area (Å²) in [6, 6.07) is 11.7. The summed E-state index contributed by atoms with van der Waals surface area (Å²) < 4.78 is 0. The van der Waals surface area contributed by atoms with Crippen molar-refractivity contribution in [1.82, 2.24) is 9.97 Å². The van der Waals surface area contributed by atoms with Crippen LogP contribution in [0.3, 0.4) is 0 Å². The number of benzene rings is 1. The van der Waals surface area contributed by atoms with E-state index in [1.54, 1.807) is 0 Å². The molecule has 0 atom stereocenters. The molecular weight excluding hydrogens is 322 g/mol. The van der Waals surface area contributed by atoms with E-state index >= 15 is 0 Å². The summed E-state index contributed by atoms with van der Waals surface area (Å²) in [6.07, 6.45) is 4.34. The number of aryl methyl sites for hydroxylation is 2. The first-order valence-corrected chi connectivity index (χ1v) is 9.76. The highest BCUT2D eigenvalue weighted by atomic mass is 15.2. The molecule has 2 aromatic rings. The molecule has 0 bridgehead atoms. The molecule has 138 valence electrons. The maximum atomic E-state index is 5.94. The Bertz CT molecular complexity index is 761. The second-order valence-electron chi connectivity index (χ2n) is 7.90. The van der Waals surface area contributed by atoms with Gasteiger partial charge in [-0.2, -0.15) is 0 Å². The van der Waals surface area contributed by atoms with Crippen LogP contribution in [0, 0.1) is 13.8 Å². The molecular formula is C21H29N5. The van der Waals surface area contributed by atoms with Gasteiger partial charge in [-0.25, -0.2) is 9.97 Å². The highest BCUT2D eigenvalue weighted by Gasteiger charge is 2.29. The molecule has 1 saturated carbocycles. The van der Waals surface area contributed by atoms with Crippen LogP contribution in [0.25, 0.3) is 0 Å². The van der Waals surface area contributed by atoms with E-state index in [1.807, 2.05) is 6.92 Å². The van der Waals surface area contributed by atoms with Gasteiger partial charge in [0.05, 0.1) is 0 Å². The van der Waals surface area contributed by atoms with Crippen molar-refractivity contribution in [3.05, 3.63) is 47.4 Å². The lowest BCUT2D eigenvalue weighted by atomic mass is 9.78. The fraction of sp³-hybridized carbons (Fsp3) is 0.524. The first-order valence-electron chi connectivity index (χ1n) is 9.76. The van der Waals surface area contributed by atoms with Gasteiger partial charge in [0.2, 0.25) is 0 Å². The summed E-state index contributed by atoms with van der Waals surface area (Å²) in [5, 5.41) is 3.65. The minimum Gasteiger partial charge on any atom is -0.371 e. The smallest absolute Gasteiger partial charge is 0.130 e. The number of nitrogens with one attached hydrogen (secondary N) is 1. The van der Waals surface area contributed by atoms with E-state index in [1.165, 1.54) is 11.3 Å². The van der Waals surface area contributed by atoms with E-state index in [2.05, 4.69) is 57.4 Å². The Balaban J connectivity index is 1.37. The van der Waals surface area contributed by atoms with Crippen LogP contribution in [0.5, 0.6) is 0 Å². The minimum atomic E-state index is 0.345. The third-order valence-corrected chi connectivity index (χ3v) is 5.66. The summed E-state index contributed by atoms with van der Waals surface area (Å²) in [7, 11) is 0. The highest BCUT2D eigenvalue weighted by molar-refractivity contribution is 5.49. The molecule has 0 amide bonds. The fourth-order valence-electron chi connectivity index (χ4n) is 4.09. The minimum absolute atomic E-state index is 0.345. The summed E-state index contributed by atoms with van der Waals surface area (Å²) in [4.78, 5) is 11.7. The largest absolute Gasteiger partial charge is 0.371 e. The van der Waals surface area contributed by atoms with Crippen molar-refractivity contribution < 1.29 is 0 Å². The Labute approximate surface area is 156 Å². The molecule has 1 saturated heterocycles. The van der Waals surface area contributed by atoms with Crippen LogP contribution in [0.15, 0.2) is 30.3 Å². The topological polar surface area (TPSA) is 67.1 Å². The van der Waals surface area contributed by atoms with E-state index < -0.39 is 0 Å². The summed E-state index contributed by atoms with van der Waals surface area (Å²) in [5.41, 5.74) is 9.75. The Hall–Kier alpha value is -2.14. The first-order chi connectivity index (χ1) is 12.6. The third kappa shape index (κ3) is 3.83. The predicted octanol–water partition coefficient (Wildman–Crippen LogP) is 3.38. The summed E-state index contributed by atoms with van der Waals surface area (Å²) in [5.74, 6) is 2.33. The number of aromatic nitrogens is 2. The van der Waals surface area contributed by atoms with E-state index in [-0.39, 0.29) is 0 Å². The van der Waals surface area contributed by atoms with Crippen LogP contribution < -0.4 is 16.0 Å². The number of rotatable bonds is 4. The van der Waals surface area contributed by atoms with Gasteiger partial charge in [-0.3, -0.25) is 0 Å². The quantitative estimate of drug-likeness (QED) is 0.884. The maximum absolute atomic E-state index is 5.94. The van der Waals surface area contributed by atoms with Gasteiger partial charge in [0.25, 0.3) is 0 Å². The average Bonchev–Trinajstić information content (AvgIpc) is 2.59. The summed E-state index contributed by atoms with van der Waals surface area (Å²) >= 11 is 0. The zero-order chi connectivity index (χ0) is 18.1. The molecule has 2 aliphatic rings. The van der Waals surface area contributed by atoms with Gasteiger partial charge in [0, 0.05) is 48.5 Å². The van der Waals surface area contributed by atoms with Gasteiger partial charge in [-0.15, -0.1) is 0 Å². The van der Waals surface area contributed by atoms with Crippen LogP contribution >= 0.6 is 0 Å². The Morgan fingerprint density at radius 2 is 1.85 bits per heavy atom. The molecule has 26 heavy (non-hydrogen) atoms. The Morgan fingerprint density at radius 3 is 2.54 bits per heavy atom. The number of hydrogen-bond acceptors (Lipinski definition) is 5. The van der Waals surface area contributed by atoms with Crippen molar-refractivity contribution in [2.45, 2.75) is 57.5 Å². The average molecular weight is 351 g/mol. The molecule has 0 unspecified atom stereocenters. The zero-order valence-electron chi connectivity index (χ0n) is 15.8. The van der Waals surface area contributed by atoms with E-state index in [4.69, 9.17) is 5.73 Å². The number of hydrogen-bond donors (Lipinski definition) is 2. The second-order valence-corrected chi connectivity index (χ2v) is 7.90. The molecule has 0 spiro atoms. The second kappa shape index (κ2) is 7.23. The lowest BCUT2D eigenvalue weighted by molar-refractivity contribution is 0.344. The first kappa shape index (κ1) is 17.3. The SMILES string of the molecule is Cc1cccc(N2CCC(Nc3cc(C4CC(N)C4)nc(C)n3)CC2)c1. The molecule has 0 radical (unpaired) electrons. The molecule has 1 aliphatic heterocycles. The summed E-state index contributed by atoms with van der Waals surface area (Å²) in [6.45, 7) is 6.29. The van der Waals surface area contributed by atoms with E-state index in [0.717, 1.165) is 56.1 Å². The normalized spacial score (nSPS) is 23.6. The molecule has 3 N–H and O–H groups in total. The van der Waals surface area contributed by atoms with Crippen molar-refractivity contribution in [3.63, 3.8) is 0 Å². The van der Waals surface area contributed by atoms with Crippen LogP contribution in [0.1, 0.15) is 48.7 Å². The number of nitrogens with two attached hydrogens (primary N) is 1. The number of piperidine rings is 1. The van der Waals surface area contributed by atoms with Gasteiger partial charge in [-0.05, 0) is 57.2 Å². The van der Waals surface area contributed by atoms with Crippen molar-refractivity contribution in [3.8, 4) is 0 Å². The zero-order valence-corrected chi connectivity index (χ0v) is 15.8. The van der Waals surface area contributed by atoms with Crippen molar-refractivity contribution in [2.75, 3.05) is 23.3 Å². The van der Waals surface area contributed by atoms with Gasteiger partial charge in [0.1, 0.15) is 11.6 Å².